The van der Waals surface area contributed by atoms with Gasteiger partial charge in [0.05, 0.1) is 18.6 Å². The fourth-order valence-electron chi connectivity index (χ4n) is 9.38. The number of aliphatic hydroxyl groups is 2. The zero-order valence-electron chi connectivity index (χ0n) is 22.0. The minimum atomic E-state index is -1.41. The molecule has 1 unspecified atom stereocenters. The molecule has 5 N–H and O–H groups in total. The van der Waals surface area contributed by atoms with E-state index in [-0.39, 0.29) is 35.4 Å². The Hall–Kier alpha value is -1.67. The van der Waals surface area contributed by atoms with Gasteiger partial charge in [0.2, 0.25) is 5.91 Å². The topological polar surface area (TPSA) is 144 Å². The Kier molecular flexibility index (Phi) is 7.78. The van der Waals surface area contributed by atoms with Crippen molar-refractivity contribution in [1.82, 2.24) is 5.32 Å². The van der Waals surface area contributed by atoms with Crippen LogP contribution in [0.5, 0.6) is 0 Å². The van der Waals surface area contributed by atoms with Gasteiger partial charge in [0.25, 0.3) is 0 Å². The quantitative estimate of drug-likeness (QED) is 0.338. The second-order valence-corrected chi connectivity index (χ2v) is 13.0. The van der Waals surface area contributed by atoms with Gasteiger partial charge in [0.15, 0.2) is 0 Å². The van der Waals surface area contributed by atoms with Crippen LogP contribution in [0.2, 0.25) is 0 Å². The summed E-state index contributed by atoms with van der Waals surface area (Å²) in [5.41, 5.74) is 0.311. The molecular weight excluding hydrogens is 462 g/mol. The molecule has 1 amide bonds. The molecule has 8 nitrogen and oxygen atoms in total. The summed E-state index contributed by atoms with van der Waals surface area (Å²) in [6, 6.07) is -1.41. The van der Waals surface area contributed by atoms with Crippen molar-refractivity contribution in [2.24, 2.45) is 46.3 Å². The number of rotatable bonds is 8. The summed E-state index contributed by atoms with van der Waals surface area (Å²) in [5, 5.41) is 42.1. The number of carboxylic acids is 2. The molecule has 11 atom stereocenters. The van der Waals surface area contributed by atoms with Gasteiger partial charge in [-0.1, -0.05) is 20.8 Å². The van der Waals surface area contributed by atoms with Crippen molar-refractivity contribution in [3.05, 3.63) is 0 Å². The van der Waals surface area contributed by atoms with E-state index in [0.29, 0.717) is 36.0 Å². The van der Waals surface area contributed by atoms with E-state index in [2.05, 4.69) is 26.1 Å². The second kappa shape index (κ2) is 10.2. The van der Waals surface area contributed by atoms with Crippen LogP contribution in [-0.4, -0.2) is 56.5 Å². The number of carboxylic acid groups (broad SMARTS) is 2. The molecule has 0 aromatic carbocycles. The van der Waals surface area contributed by atoms with E-state index in [4.69, 9.17) is 5.11 Å². The summed E-state index contributed by atoms with van der Waals surface area (Å²) in [5.74, 6) is -0.638. The zero-order chi connectivity index (χ0) is 26.4. The van der Waals surface area contributed by atoms with E-state index in [1.165, 1.54) is 0 Å². The van der Waals surface area contributed by atoms with Gasteiger partial charge in [0.1, 0.15) is 6.04 Å². The molecule has 0 aliphatic heterocycles. The first-order chi connectivity index (χ1) is 16.9. The highest BCUT2D eigenvalue weighted by atomic mass is 16.4. The third kappa shape index (κ3) is 4.92. The normalized spacial score (nSPS) is 43.4. The molecule has 0 saturated heterocycles. The average molecular weight is 508 g/mol. The Balaban J connectivity index is 1.40. The number of aliphatic hydroxyl groups excluding tert-OH is 2. The molecule has 4 fully saturated rings. The molecule has 4 aliphatic rings. The molecule has 204 valence electrons. The van der Waals surface area contributed by atoms with E-state index in [9.17, 15) is 29.7 Å². The molecule has 0 bridgehead atoms. The maximum Gasteiger partial charge on any atom is 0.326 e. The Morgan fingerprint density at radius 3 is 2.28 bits per heavy atom. The van der Waals surface area contributed by atoms with E-state index >= 15 is 0 Å². The van der Waals surface area contributed by atoms with Crippen LogP contribution in [0, 0.1) is 46.3 Å². The van der Waals surface area contributed by atoms with Crippen LogP contribution in [0.25, 0.3) is 0 Å². The molecule has 0 aromatic heterocycles. The lowest BCUT2D eigenvalue weighted by atomic mass is 9.43. The standard InChI is InChI=1S/C28H45NO7/c1-15(4-7-23(32)29-21(26(35)36)14-24(33)34)18-5-6-19-25-20(9-11-28(18,19)3)27(2)10-8-17(30)12-16(27)13-22(25)31/h15-22,25,30-31H,4-14H2,1-3H3,(H,29,32)(H,33,34)(H,35,36)/t15-,16+,17-,18-,19+,20+,21?,22-,25+,27+,28-/m1/s1. The molecule has 0 aromatic rings. The minimum absolute atomic E-state index is 0.113. The monoisotopic (exact) mass is 507 g/mol. The van der Waals surface area contributed by atoms with Gasteiger partial charge in [-0.3, -0.25) is 9.59 Å². The summed E-state index contributed by atoms with van der Waals surface area (Å²) < 4.78 is 0. The fourth-order valence-corrected chi connectivity index (χ4v) is 9.38. The lowest BCUT2D eigenvalue weighted by Gasteiger charge is -2.62. The van der Waals surface area contributed by atoms with E-state index < -0.39 is 30.3 Å². The van der Waals surface area contributed by atoms with E-state index in [1.54, 1.807) is 0 Å². The molecule has 0 radical (unpaired) electrons. The summed E-state index contributed by atoms with van der Waals surface area (Å²) >= 11 is 0. The Morgan fingerprint density at radius 1 is 0.944 bits per heavy atom. The number of carbonyl (C=O) groups is 3. The van der Waals surface area contributed by atoms with Crippen molar-refractivity contribution in [3.8, 4) is 0 Å². The maximum atomic E-state index is 12.4. The third-order valence-corrected chi connectivity index (χ3v) is 11.3. The van der Waals surface area contributed by atoms with Gasteiger partial charge in [-0.2, -0.15) is 0 Å². The number of hydrogen-bond acceptors (Lipinski definition) is 5. The van der Waals surface area contributed by atoms with Crippen LogP contribution in [0.4, 0.5) is 0 Å². The van der Waals surface area contributed by atoms with Gasteiger partial charge in [-0.05, 0) is 104 Å². The highest BCUT2D eigenvalue weighted by Crippen LogP contribution is 2.68. The second-order valence-electron chi connectivity index (χ2n) is 13.0. The first kappa shape index (κ1) is 27.4. The summed E-state index contributed by atoms with van der Waals surface area (Å²) in [7, 11) is 0. The van der Waals surface area contributed by atoms with Crippen LogP contribution >= 0.6 is 0 Å². The molecular formula is C28H45NO7. The van der Waals surface area contributed by atoms with Crippen LogP contribution < -0.4 is 5.32 Å². The lowest BCUT2D eigenvalue weighted by molar-refractivity contribution is -0.174. The summed E-state index contributed by atoms with van der Waals surface area (Å²) in [4.78, 5) is 34.6. The van der Waals surface area contributed by atoms with Gasteiger partial charge in [-0.25, -0.2) is 4.79 Å². The highest BCUT2D eigenvalue weighted by Gasteiger charge is 2.62. The maximum absolute atomic E-state index is 12.4. The smallest absolute Gasteiger partial charge is 0.326 e. The van der Waals surface area contributed by atoms with Gasteiger partial charge in [0, 0.05) is 6.42 Å². The summed E-state index contributed by atoms with van der Waals surface area (Å²) in [6.07, 6.45) is 7.55. The van der Waals surface area contributed by atoms with Crippen LogP contribution in [-0.2, 0) is 14.4 Å². The van der Waals surface area contributed by atoms with E-state index in [1.807, 2.05) is 0 Å². The van der Waals surface area contributed by atoms with Gasteiger partial charge < -0.3 is 25.7 Å². The predicted molar refractivity (Wildman–Crippen MR) is 133 cm³/mol. The van der Waals surface area contributed by atoms with Crippen molar-refractivity contribution in [2.75, 3.05) is 0 Å². The molecule has 8 heteroatoms. The van der Waals surface area contributed by atoms with Crippen molar-refractivity contribution >= 4 is 17.8 Å². The first-order valence-electron chi connectivity index (χ1n) is 14.0. The van der Waals surface area contributed by atoms with Crippen LogP contribution in [0.15, 0.2) is 0 Å². The van der Waals surface area contributed by atoms with Crippen LogP contribution in [0.3, 0.4) is 0 Å². The molecule has 4 rings (SSSR count). The lowest BCUT2D eigenvalue weighted by Crippen LogP contribution is -2.58. The Bertz CT molecular complexity index is 863. The zero-order valence-corrected chi connectivity index (χ0v) is 22.0. The molecule has 36 heavy (non-hydrogen) atoms. The highest BCUT2D eigenvalue weighted by molar-refractivity contribution is 5.86. The number of fused-ring (bicyclic) bond motifs is 5. The number of aliphatic carboxylic acids is 2. The average Bonchev–Trinajstić information content (AvgIpc) is 3.15. The predicted octanol–water partition coefficient (Wildman–Crippen LogP) is 3.44. The minimum Gasteiger partial charge on any atom is -0.481 e. The number of nitrogens with one attached hydrogen (secondary N) is 1. The summed E-state index contributed by atoms with van der Waals surface area (Å²) in [6.45, 7) is 6.99. The Labute approximate surface area is 214 Å². The third-order valence-electron chi connectivity index (χ3n) is 11.3. The van der Waals surface area contributed by atoms with Crippen molar-refractivity contribution in [1.29, 1.82) is 0 Å². The fraction of sp³-hybridized carbons (Fsp3) is 0.893. The van der Waals surface area contributed by atoms with Crippen molar-refractivity contribution in [2.45, 2.75) is 110 Å². The van der Waals surface area contributed by atoms with E-state index in [0.717, 1.165) is 51.4 Å². The Morgan fingerprint density at radius 2 is 1.61 bits per heavy atom. The first-order valence-corrected chi connectivity index (χ1v) is 14.0. The molecule has 4 aliphatic carbocycles. The SMILES string of the molecule is C[C@H](CCC(=O)NC(CC(=O)O)C(=O)O)[C@H]1CC[C@H]2[C@@H]3[C@H](O)C[C@@H]4C[C@H](O)CC[C@]4(C)[C@H]3CC[C@]12C. The molecule has 0 heterocycles. The van der Waals surface area contributed by atoms with Gasteiger partial charge in [-0.15, -0.1) is 0 Å². The van der Waals surface area contributed by atoms with Crippen molar-refractivity contribution in [3.63, 3.8) is 0 Å². The number of amides is 1. The number of carbonyl (C=O) groups excluding carboxylic acids is 1. The van der Waals surface area contributed by atoms with Gasteiger partial charge >= 0.3 is 11.9 Å². The largest absolute Gasteiger partial charge is 0.481 e. The molecule has 4 saturated carbocycles. The molecule has 0 spiro atoms. The number of hydrogen-bond donors (Lipinski definition) is 5. The van der Waals surface area contributed by atoms with Crippen LogP contribution in [0.1, 0.15) is 91.4 Å². The van der Waals surface area contributed by atoms with Crippen molar-refractivity contribution < 1.29 is 34.8 Å².